The Bertz CT molecular complexity index is 1260. The van der Waals surface area contributed by atoms with Crippen LogP contribution in [0.3, 0.4) is 0 Å². The molecule has 2 amide bonds. The lowest BCUT2D eigenvalue weighted by molar-refractivity contribution is -0.133. The SMILES string of the molecule is CC(=O)N1CC(C)N(CC2CNC(C)CN2CC(=O)N2CC(C)(C)c3ncc(Cc4ccc(F)cc4)cc32)C(C)C1. The quantitative estimate of drug-likeness (QED) is 0.582. The van der Waals surface area contributed by atoms with Gasteiger partial charge in [0.25, 0.3) is 0 Å². The van der Waals surface area contributed by atoms with Crippen LogP contribution in [0.4, 0.5) is 10.1 Å². The molecule has 0 spiro atoms. The van der Waals surface area contributed by atoms with E-state index in [1.165, 1.54) is 12.1 Å². The fraction of sp³-hybridized carbons (Fsp3) is 0.594. The number of carbonyl (C=O) groups excluding carboxylic acids is 2. The van der Waals surface area contributed by atoms with Crippen LogP contribution in [0.5, 0.6) is 0 Å². The van der Waals surface area contributed by atoms with Gasteiger partial charge in [-0.3, -0.25) is 24.4 Å². The summed E-state index contributed by atoms with van der Waals surface area (Å²) < 4.78 is 13.4. The van der Waals surface area contributed by atoms with E-state index < -0.39 is 0 Å². The third-order valence-electron chi connectivity index (χ3n) is 9.07. The van der Waals surface area contributed by atoms with Crippen molar-refractivity contribution >= 4 is 17.5 Å². The lowest BCUT2D eigenvalue weighted by atomic mass is 9.91. The molecule has 3 aliphatic heterocycles. The number of piperazine rings is 2. The average molecular weight is 565 g/mol. The van der Waals surface area contributed by atoms with Crippen molar-refractivity contribution in [1.82, 2.24) is 25.0 Å². The maximum atomic E-state index is 14.0. The van der Waals surface area contributed by atoms with Crippen LogP contribution in [0, 0.1) is 5.82 Å². The molecule has 4 heterocycles. The second kappa shape index (κ2) is 11.8. The number of anilines is 1. The van der Waals surface area contributed by atoms with Crippen molar-refractivity contribution in [2.24, 2.45) is 0 Å². The molecule has 1 aromatic heterocycles. The number of aromatic nitrogens is 1. The molecule has 2 fully saturated rings. The van der Waals surface area contributed by atoms with E-state index in [0.29, 0.717) is 25.6 Å². The maximum absolute atomic E-state index is 14.0. The number of fused-ring (bicyclic) bond motifs is 1. The zero-order valence-electron chi connectivity index (χ0n) is 25.4. The number of halogens is 1. The van der Waals surface area contributed by atoms with Gasteiger partial charge in [-0.05, 0) is 56.5 Å². The second-order valence-electron chi connectivity index (χ2n) is 13.1. The molecule has 41 heavy (non-hydrogen) atoms. The summed E-state index contributed by atoms with van der Waals surface area (Å²) in [6, 6.07) is 9.65. The third-order valence-corrected chi connectivity index (χ3v) is 9.07. The van der Waals surface area contributed by atoms with Gasteiger partial charge in [-0.15, -0.1) is 0 Å². The van der Waals surface area contributed by atoms with E-state index >= 15 is 0 Å². The fourth-order valence-corrected chi connectivity index (χ4v) is 6.82. The molecule has 1 aromatic carbocycles. The summed E-state index contributed by atoms with van der Waals surface area (Å²) in [6.07, 6.45) is 2.52. The number of hydrogen-bond donors (Lipinski definition) is 1. The lowest BCUT2D eigenvalue weighted by Crippen LogP contribution is -2.65. The van der Waals surface area contributed by atoms with Crippen LogP contribution in [-0.4, -0.2) is 101 Å². The van der Waals surface area contributed by atoms with Gasteiger partial charge in [0.1, 0.15) is 5.82 Å². The molecule has 3 aliphatic rings. The summed E-state index contributed by atoms with van der Waals surface area (Å²) in [4.78, 5) is 39.5. The number of rotatable bonds is 6. The summed E-state index contributed by atoms with van der Waals surface area (Å²) in [5.74, 6) is -0.0193. The van der Waals surface area contributed by atoms with Crippen molar-refractivity contribution in [2.75, 3.05) is 50.7 Å². The second-order valence-corrected chi connectivity index (χ2v) is 13.1. The van der Waals surface area contributed by atoms with Crippen molar-refractivity contribution in [2.45, 2.75) is 77.5 Å². The molecule has 9 heteroatoms. The minimum absolute atomic E-state index is 0.0964. The first-order chi connectivity index (χ1) is 19.4. The Morgan fingerprint density at radius 2 is 1.73 bits per heavy atom. The third kappa shape index (κ3) is 6.47. The highest BCUT2D eigenvalue weighted by molar-refractivity contribution is 5.97. The first-order valence-corrected chi connectivity index (χ1v) is 14.9. The molecule has 0 radical (unpaired) electrons. The van der Waals surface area contributed by atoms with E-state index in [2.05, 4.69) is 55.8 Å². The topological polar surface area (TPSA) is 72.0 Å². The van der Waals surface area contributed by atoms with Gasteiger partial charge in [-0.1, -0.05) is 26.0 Å². The Hall–Kier alpha value is -2.88. The smallest absolute Gasteiger partial charge is 0.241 e. The van der Waals surface area contributed by atoms with E-state index in [1.54, 1.807) is 19.1 Å². The Morgan fingerprint density at radius 3 is 2.39 bits per heavy atom. The van der Waals surface area contributed by atoms with Crippen LogP contribution in [0.1, 0.15) is 58.4 Å². The molecular weight excluding hydrogens is 519 g/mol. The molecule has 0 saturated carbocycles. The summed E-state index contributed by atoms with van der Waals surface area (Å²) in [5.41, 5.74) is 3.61. The standard InChI is InChI=1S/C32H45FN6O2/c1-21-15-37(28(14-34-21)18-38-22(2)16-36(24(4)40)17-23(38)3)19-30(41)39-20-32(5,6)31-29(39)12-26(13-35-31)11-25-7-9-27(33)10-8-25/h7-10,12-13,21-23,28,34H,11,14-20H2,1-6H3. The Balaban J connectivity index is 1.31. The molecule has 222 valence electrons. The van der Waals surface area contributed by atoms with Crippen LogP contribution in [0.25, 0.3) is 0 Å². The van der Waals surface area contributed by atoms with Gasteiger partial charge >= 0.3 is 0 Å². The first-order valence-electron chi connectivity index (χ1n) is 14.9. The van der Waals surface area contributed by atoms with Gasteiger partial charge in [-0.25, -0.2) is 4.39 Å². The molecule has 0 aliphatic carbocycles. The number of hydrogen-bond acceptors (Lipinski definition) is 6. The number of carbonyl (C=O) groups is 2. The van der Waals surface area contributed by atoms with Gasteiger partial charge in [-0.2, -0.15) is 0 Å². The average Bonchev–Trinajstić information content (AvgIpc) is 3.18. The van der Waals surface area contributed by atoms with Crippen molar-refractivity contribution in [3.63, 3.8) is 0 Å². The Morgan fingerprint density at radius 1 is 1.05 bits per heavy atom. The molecule has 1 N–H and O–H groups in total. The minimum Gasteiger partial charge on any atom is -0.340 e. The summed E-state index contributed by atoms with van der Waals surface area (Å²) in [7, 11) is 0. The van der Waals surface area contributed by atoms with Crippen LogP contribution < -0.4 is 10.2 Å². The fourth-order valence-electron chi connectivity index (χ4n) is 6.82. The van der Waals surface area contributed by atoms with Crippen LogP contribution in [0.2, 0.25) is 0 Å². The molecule has 2 saturated heterocycles. The monoisotopic (exact) mass is 564 g/mol. The van der Waals surface area contributed by atoms with Crippen LogP contribution in [-0.2, 0) is 21.4 Å². The molecule has 0 bridgehead atoms. The number of benzene rings is 1. The van der Waals surface area contributed by atoms with E-state index in [0.717, 1.165) is 55.2 Å². The van der Waals surface area contributed by atoms with Crippen molar-refractivity contribution in [3.05, 3.63) is 59.2 Å². The van der Waals surface area contributed by atoms with E-state index in [-0.39, 0.29) is 41.2 Å². The van der Waals surface area contributed by atoms with E-state index in [1.807, 2.05) is 16.0 Å². The lowest BCUT2D eigenvalue weighted by Gasteiger charge is -2.48. The summed E-state index contributed by atoms with van der Waals surface area (Å²) in [6.45, 7) is 17.4. The van der Waals surface area contributed by atoms with E-state index in [9.17, 15) is 14.0 Å². The Labute approximate surface area is 243 Å². The predicted molar refractivity (Wildman–Crippen MR) is 160 cm³/mol. The van der Waals surface area contributed by atoms with Gasteiger partial charge in [0.15, 0.2) is 0 Å². The van der Waals surface area contributed by atoms with Crippen molar-refractivity contribution < 1.29 is 14.0 Å². The van der Waals surface area contributed by atoms with Crippen LogP contribution in [0.15, 0.2) is 36.5 Å². The van der Waals surface area contributed by atoms with E-state index in [4.69, 9.17) is 4.98 Å². The van der Waals surface area contributed by atoms with Gasteiger partial charge in [0.05, 0.1) is 17.9 Å². The molecule has 4 unspecified atom stereocenters. The summed E-state index contributed by atoms with van der Waals surface area (Å²) in [5, 5.41) is 3.62. The number of nitrogens with one attached hydrogen (secondary N) is 1. The highest BCUT2D eigenvalue weighted by Gasteiger charge is 2.41. The van der Waals surface area contributed by atoms with Gasteiger partial charge in [0.2, 0.25) is 11.8 Å². The predicted octanol–water partition coefficient (Wildman–Crippen LogP) is 3.04. The molecule has 2 aromatic rings. The Kier molecular flexibility index (Phi) is 8.51. The highest BCUT2D eigenvalue weighted by atomic mass is 19.1. The largest absolute Gasteiger partial charge is 0.340 e. The molecule has 4 atom stereocenters. The highest BCUT2D eigenvalue weighted by Crippen LogP contribution is 2.40. The normalized spacial score (nSPS) is 26.7. The minimum atomic E-state index is -0.248. The molecule has 5 rings (SSSR count). The number of pyridine rings is 1. The zero-order chi connectivity index (χ0) is 29.5. The molecule has 8 nitrogen and oxygen atoms in total. The first kappa shape index (κ1) is 29.6. The van der Waals surface area contributed by atoms with Gasteiger partial charge in [0, 0.05) is 82.0 Å². The molecular formula is C32H45FN6O2. The maximum Gasteiger partial charge on any atom is 0.241 e. The van der Waals surface area contributed by atoms with Crippen molar-refractivity contribution in [3.8, 4) is 0 Å². The van der Waals surface area contributed by atoms with Crippen LogP contribution >= 0.6 is 0 Å². The summed E-state index contributed by atoms with van der Waals surface area (Å²) >= 11 is 0. The number of nitrogens with zero attached hydrogens (tertiary/aromatic N) is 5. The number of amides is 2. The zero-order valence-corrected chi connectivity index (χ0v) is 25.4. The van der Waals surface area contributed by atoms with Gasteiger partial charge < -0.3 is 15.1 Å². The van der Waals surface area contributed by atoms with Crippen molar-refractivity contribution in [1.29, 1.82) is 0 Å².